The van der Waals surface area contributed by atoms with Crippen LogP contribution in [0.3, 0.4) is 0 Å². The first-order valence-corrected chi connectivity index (χ1v) is 11.3. The maximum absolute atomic E-state index is 12.4. The number of hydrogen-bond acceptors (Lipinski definition) is 4. The number of piperidine rings is 1. The van der Waals surface area contributed by atoms with E-state index in [2.05, 4.69) is 33.9 Å². The summed E-state index contributed by atoms with van der Waals surface area (Å²) in [5.41, 5.74) is -0.572. The molecule has 1 heterocycles. The first-order valence-electron chi connectivity index (χ1n) is 8.41. The molecule has 23 heavy (non-hydrogen) atoms. The Balaban J connectivity index is 2.91. The number of nitrogens with zero attached hydrogens (tertiary/aromatic N) is 1. The molecule has 6 heteroatoms. The summed E-state index contributed by atoms with van der Waals surface area (Å²) < 4.78 is 11.9. The summed E-state index contributed by atoms with van der Waals surface area (Å²) in [4.78, 5) is 25.6. The van der Waals surface area contributed by atoms with Crippen LogP contribution in [-0.4, -0.2) is 49.9 Å². The van der Waals surface area contributed by atoms with E-state index in [9.17, 15) is 9.59 Å². The lowest BCUT2D eigenvalue weighted by Crippen LogP contribution is -2.57. The summed E-state index contributed by atoms with van der Waals surface area (Å²) in [7, 11) is -2.00. The molecule has 1 saturated heterocycles. The van der Waals surface area contributed by atoms with Gasteiger partial charge in [-0.1, -0.05) is 20.8 Å². The van der Waals surface area contributed by atoms with Crippen molar-refractivity contribution >= 4 is 20.7 Å². The summed E-state index contributed by atoms with van der Waals surface area (Å²) in [5, 5.41) is 0.0641. The second kappa shape index (κ2) is 6.93. The number of carbonyl (C=O) groups is 2. The highest BCUT2D eigenvalue weighted by molar-refractivity contribution is 6.74. The van der Waals surface area contributed by atoms with Crippen molar-refractivity contribution < 1.29 is 18.8 Å². The van der Waals surface area contributed by atoms with Crippen molar-refractivity contribution in [3.05, 3.63) is 0 Å². The maximum Gasteiger partial charge on any atom is 0.410 e. The molecular formula is C17H33NO4Si. The first-order chi connectivity index (χ1) is 10.3. The van der Waals surface area contributed by atoms with Gasteiger partial charge in [0.2, 0.25) is 0 Å². The Labute approximate surface area is 141 Å². The van der Waals surface area contributed by atoms with E-state index in [1.165, 1.54) is 4.90 Å². The second-order valence-corrected chi connectivity index (χ2v) is 13.6. The van der Waals surface area contributed by atoms with Crippen LogP contribution in [-0.2, 0) is 14.0 Å². The minimum atomic E-state index is -2.00. The topological polar surface area (TPSA) is 55.8 Å². The molecule has 0 aromatic heterocycles. The van der Waals surface area contributed by atoms with Crippen molar-refractivity contribution in [3.8, 4) is 0 Å². The summed E-state index contributed by atoms with van der Waals surface area (Å²) in [6, 6.07) is -0.562. The molecule has 0 saturated carbocycles. The molecule has 134 valence electrons. The number of aldehydes is 1. The minimum Gasteiger partial charge on any atom is -0.444 e. The minimum absolute atomic E-state index is 0.0641. The summed E-state index contributed by atoms with van der Waals surface area (Å²) >= 11 is 0. The molecule has 1 fully saturated rings. The Morgan fingerprint density at radius 1 is 1.17 bits per heavy atom. The standard InChI is InChI=1S/C17H33NO4Si/c1-16(2,3)21-15(20)18-11-9-10-14(13(18)12-19)22-23(7,8)17(4,5)6/h12-14H,9-11H2,1-8H3. The number of likely N-dealkylation sites (tertiary alicyclic amines) is 1. The molecule has 2 atom stereocenters. The quantitative estimate of drug-likeness (QED) is 0.574. The highest BCUT2D eigenvalue weighted by atomic mass is 28.4. The lowest BCUT2D eigenvalue weighted by atomic mass is 10.0. The SMILES string of the molecule is CC(C)(C)OC(=O)N1CCCC(O[Si](C)(C)C(C)(C)C)C1C=O. The lowest BCUT2D eigenvalue weighted by molar-refractivity contribution is -0.117. The van der Waals surface area contributed by atoms with E-state index >= 15 is 0 Å². The highest BCUT2D eigenvalue weighted by Crippen LogP contribution is 2.39. The zero-order valence-electron chi connectivity index (χ0n) is 15.9. The van der Waals surface area contributed by atoms with Crippen molar-refractivity contribution in [3.63, 3.8) is 0 Å². The van der Waals surface area contributed by atoms with Crippen LogP contribution in [0.25, 0.3) is 0 Å². The predicted molar refractivity (Wildman–Crippen MR) is 94.1 cm³/mol. The third kappa shape index (κ3) is 5.31. The smallest absolute Gasteiger partial charge is 0.410 e. The van der Waals surface area contributed by atoms with Gasteiger partial charge in [0.05, 0.1) is 6.10 Å². The van der Waals surface area contributed by atoms with Crippen molar-refractivity contribution in [2.75, 3.05) is 6.54 Å². The van der Waals surface area contributed by atoms with Crippen LogP contribution in [0.5, 0.6) is 0 Å². The van der Waals surface area contributed by atoms with E-state index in [4.69, 9.17) is 9.16 Å². The van der Waals surface area contributed by atoms with Crippen LogP contribution < -0.4 is 0 Å². The molecule has 1 amide bonds. The van der Waals surface area contributed by atoms with Crippen molar-refractivity contribution in [2.24, 2.45) is 0 Å². The van der Waals surface area contributed by atoms with Gasteiger partial charge >= 0.3 is 6.09 Å². The number of ether oxygens (including phenoxy) is 1. The Morgan fingerprint density at radius 3 is 2.17 bits per heavy atom. The lowest BCUT2D eigenvalue weighted by Gasteiger charge is -2.45. The third-order valence-corrected chi connectivity index (χ3v) is 9.15. The zero-order valence-corrected chi connectivity index (χ0v) is 16.9. The molecule has 5 nitrogen and oxygen atoms in total. The summed E-state index contributed by atoms with van der Waals surface area (Å²) in [6.45, 7) is 16.9. The zero-order chi connectivity index (χ0) is 18.1. The van der Waals surface area contributed by atoms with Crippen LogP contribution in [0.1, 0.15) is 54.4 Å². The molecule has 0 N–H and O–H groups in total. The van der Waals surface area contributed by atoms with Crippen LogP contribution in [0.15, 0.2) is 0 Å². The Kier molecular flexibility index (Phi) is 6.07. The van der Waals surface area contributed by atoms with Gasteiger partial charge in [-0.2, -0.15) is 0 Å². The molecule has 0 aliphatic carbocycles. The van der Waals surface area contributed by atoms with Gasteiger partial charge in [-0.25, -0.2) is 4.79 Å². The van der Waals surface area contributed by atoms with Crippen molar-refractivity contribution in [1.82, 2.24) is 4.90 Å². The van der Waals surface area contributed by atoms with Gasteiger partial charge in [0.1, 0.15) is 17.9 Å². The van der Waals surface area contributed by atoms with Gasteiger partial charge < -0.3 is 14.0 Å². The molecule has 2 unspecified atom stereocenters. The molecule has 1 aliphatic rings. The van der Waals surface area contributed by atoms with Crippen molar-refractivity contribution in [1.29, 1.82) is 0 Å². The Hall–Kier alpha value is -0.883. The van der Waals surface area contributed by atoms with Gasteiger partial charge in [-0.05, 0) is 51.7 Å². The van der Waals surface area contributed by atoms with Crippen LogP contribution >= 0.6 is 0 Å². The van der Waals surface area contributed by atoms with Crippen molar-refractivity contribution in [2.45, 2.75) is 90.3 Å². The van der Waals surface area contributed by atoms with Crippen LogP contribution in [0, 0.1) is 0 Å². The van der Waals surface area contributed by atoms with E-state index in [-0.39, 0.29) is 11.1 Å². The highest BCUT2D eigenvalue weighted by Gasteiger charge is 2.44. The Morgan fingerprint density at radius 2 is 1.74 bits per heavy atom. The molecular weight excluding hydrogens is 310 g/mol. The Bertz CT molecular complexity index is 437. The summed E-state index contributed by atoms with van der Waals surface area (Å²) in [6.07, 6.45) is 1.78. The van der Waals surface area contributed by atoms with Gasteiger partial charge in [-0.15, -0.1) is 0 Å². The van der Waals surface area contributed by atoms with Crippen LogP contribution in [0.4, 0.5) is 4.79 Å². The van der Waals surface area contributed by atoms with Gasteiger partial charge in [0.15, 0.2) is 8.32 Å². The number of amides is 1. The average molecular weight is 344 g/mol. The normalized spacial score (nSPS) is 23.6. The molecule has 0 aromatic rings. The second-order valence-electron chi connectivity index (χ2n) is 8.86. The molecule has 0 bridgehead atoms. The third-order valence-electron chi connectivity index (χ3n) is 4.65. The van der Waals surface area contributed by atoms with Crippen LogP contribution in [0.2, 0.25) is 18.1 Å². The maximum atomic E-state index is 12.4. The van der Waals surface area contributed by atoms with Gasteiger partial charge in [0.25, 0.3) is 0 Å². The van der Waals surface area contributed by atoms with Gasteiger partial charge in [-0.3, -0.25) is 4.90 Å². The predicted octanol–water partition coefficient (Wildman–Crippen LogP) is 3.98. The molecule has 0 radical (unpaired) electrons. The molecule has 1 aliphatic heterocycles. The van der Waals surface area contributed by atoms with E-state index < -0.39 is 26.1 Å². The van der Waals surface area contributed by atoms with E-state index in [0.717, 1.165) is 19.1 Å². The van der Waals surface area contributed by atoms with E-state index in [1.54, 1.807) is 0 Å². The number of rotatable bonds is 3. The van der Waals surface area contributed by atoms with E-state index in [1.807, 2.05) is 20.8 Å². The number of carbonyl (C=O) groups excluding carboxylic acids is 2. The number of hydrogen-bond donors (Lipinski definition) is 0. The molecule has 0 aromatic carbocycles. The average Bonchev–Trinajstić information content (AvgIpc) is 2.34. The monoisotopic (exact) mass is 343 g/mol. The fourth-order valence-electron chi connectivity index (χ4n) is 2.36. The largest absolute Gasteiger partial charge is 0.444 e. The molecule has 1 rings (SSSR count). The summed E-state index contributed by atoms with van der Waals surface area (Å²) in [5.74, 6) is 0. The fraction of sp³-hybridized carbons (Fsp3) is 0.882. The van der Waals surface area contributed by atoms with E-state index in [0.29, 0.717) is 6.54 Å². The fourth-order valence-corrected chi connectivity index (χ4v) is 3.73. The molecule has 0 spiro atoms. The van der Waals surface area contributed by atoms with Gasteiger partial charge in [0, 0.05) is 6.54 Å². The first kappa shape index (κ1) is 20.2.